The number of hydrogen-bond acceptors (Lipinski definition) is 6. The number of carbonyl (C=O) groups is 2. The molecule has 0 heterocycles. The molecule has 24 heavy (non-hydrogen) atoms. The van der Waals surface area contributed by atoms with Gasteiger partial charge in [-0.1, -0.05) is 18.5 Å². The van der Waals surface area contributed by atoms with Crippen LogP contribution in [0, 0.1) is 10.1 Å². The summed E-state index contributed by atoms with van der Waals surface area (Å²) in [4.78, 5) is 33.4. The monoisotopic (exact) mass is 378 g/mol. The summed E-state index contributed by atoms with van der Waals surface area (Å²) in [5.74, 6) is -3.02. The zero-order chi connectivity index (χ0) is 18.5. The molecule has 1 aromatic carbocycles. The van der Waals surface area contributed by atoms with Crippen LogP contribution in [0.2, 0.25) is 5.02 Å². The Morgan fingerprint density at radius 3 is 2.54 bits per heavy atom. The average Bonchev–Trinajstić information content (AvgIpc) is 2.50. The Morgan fingerprint density at radius 1 is 1.42 bits per heavy atom. The molecule has 0 bridgehead atoms. The largest absolute Gasteiger partial charge is 0.480 e. The van der Waals surface area contributed by atoms with Gasteiger partial charge in [-0.3, -0.25) is 14.9 Å². The molecule has 0 aromatic heterocycles. The van der Waals surface area contributed by atoms with Gasteiger partial charge < -0.3 is 10.4 Å². The van der Waals surface area contributed by atoms with Crippen molar-refractivity contribution < 1.29 is 28.0 Å². The van der Waals surface area contributed by atoms with Gasteiger partial charge in [0.25, 0.3) is 11.6 Å². The van der Waals surface area contributed by atoms with Crippen LogP contribution in [0.3, 0.4) is 0 Å². The molecule has 0 saturated heterocycles. The number of halogens is 1. The van der Waals surface area contributed by atoms with Crippen LogP contribution in [-0.2, 0) is 14.6 Å². The third kappa shape index (κ3) is 5.46. The van der Waals surface area contributed by atoms with E-state index < -0.39 is 44.1 Å². The van der Waals surface area contributed by atoms with Gasteiger partial charge in [0.05, 0.1) is 10.7 Å². The van der Waals surface area contributed by atoms with Gasteiger partial charge in [0.2, 0.25) is 0 Å². The minimum Gasteiger partial charge on any atom is -0.480 e. The van der Waals surface area contributed by atoms with Crippen molar-refractivity contribution in [1.82, 2.24) is 5.32 Å². The molecule has 9 nitrogen and oxygen atoms in total. The molecule has 0 spiro atoms. The van der Waals surface area contributed by atoms with E-state index in [1.165, 1.54) is 13.0 Å². The van der Waals surface area contributed by atoms with E-state index >= 15 is 0 Å². The number of sulfone groups is 1. The number of benzene rings is 1. The van der Waals surface area contributed by atoms with E-state index in [9.17, 15) is 28.1 Å². The lowest BCUT2D eigenvalue weighted by Crippen LogP contribution is -2.42. The van der Waals surface area contributed by atoms with E-state index in [1.807, 2.05) is 0 Å². The Balaban J connectivity index is 2.98. The molecule has 2 N–H and O–H groups in total. The topological polar surface area (TPSA) is 144 Å². The van der Waals surface area contributed by atoms with Gasteiger partial charge in [-0.25, -0.2) is 13.2 Å². The molecule has 1 amide bonds. The van der Waals surface area contributed by atoms with Gasteiger partial charge in [-0.05, 0) is 18.6 Å². The summed E-state index contributed by atoms with van der Waals surface area (Å²) in [5, 5.41) is 22.2. The predicted octanol–water partition coefficient (Wildman–Crippen LogP) is 1.26. The van der Waals surface area contributed by atoms with Crippen LogP contribution in [0.15, 0.2) is 18.2 Å². The van der Waals surface area contributed by atoms with Crippen LogP contribution >= 0.6 is 11.6 Å². The van der Waals surface area contributed by atoms with Crippen LogP contribution < -0.4 is 5.32 Å². The van der Waals surface area contributed by atoms with Gasteiger partial charge in [0, 0.05) is 16.8 Å². The summed E-state index contributed by atoms with van der Waals surface area (Å²) in [6.45, 7) is 1.42. The summed E-state index contributed by atoms with van der Waals surface area (Å²) in [7, 11) is -3.42. The van der Waals surface area contributed by atoms with Crippen molar-refractivity contribution in [3.63, 3.8) is 0 Å². The fraction of sp³-hybridized carbons (Fsp3) is 0.385. The smallest absolute Gasteiger partial charge is 0.326 e. The first-order valence-electron chi connectivity index (χ1n) is 6.75. The SMILES string of the molecule is CCS(=O)(=O)CCC(NC(=O)c1ccc(Cl)cc1[N+](=O)[O-])C(=O)O. The number of nitro benzene ring substituents is 1. The van der Waals surface area contributed by atoms with Crippen LogP contribution in [0.25, 0.3) is 0 Å². The fourth-order valence-electron chi connectivity index (χ4n) is 1.78. The lowest BCUT2D eigenvalue weighted by molar-refractivity contribution is -0.385. The number of amides is 1. The van der Waals surface area contributed by atoms with Crippen molar-refractivity contribution in [1.29, 1.82) is 0 Å². The van der Waals surface area contributed by atoms with Crippen LogP contribution in [-0.4, -0.2) is 47.9 Å². The molecule has 1 unspecified atom stereocenters. The van der Waals surface area contributed by atoms with Crippen LogP contribution in [0.5, 0.6) is 0 Å². The highest BCUT2D eigenvalue weighted by molar-refractivity contribution is 7.91. The number of aliphatic carboxylic acids is 1. The first-order valence-corrected chi connectivity index (χ1v) is 8.95. The van der Waals surface area contributed by atoms with E-state index in [4.69, 9.17) is 16.7 Å². The standard InChI is InChI=1S/C13H15ClN2O7S/c1-2-24(22,23)6-5-10(13(18)19)15-12(17)9-4-3-8(14)7-11(9)16(20)21/h3-4,7,10H,2,5-6H2,1H3,(H,15,17)(H,18,19). The van der Waals surface area contributed by atoms with Gasteiger partial charge >= 0.3 is 5.97 Å². The molecule has 0 aliphatic heterocycles. The maximum absolute atomic E-state index is 12.1. The van der Waals surface area contributed by atoms with Crippen LogP contribution in [0.4, 0.5) is 5.69 Å². The molecule has 1 atom stereocenters. The normalized spacial score (nSPS) is 12.4. The Hall–Kier alpha value is -2.20. The Labute approximate surface area is 142 Å². The number of nitro groups is 1. The first kappa shape index (κ1) is 19.8. The highest BCUT2D eigenvalue weighted by Crippen LogP contribution is 2.23. The maximum Gasteiger partial charge on any atom is 0.326 e. The highest BCUT2D eigenvalue weighted by Gasteiger charge is 2.26. The number of carbonyl (C=O) groups excluding carboxylic acids is 1. The second-order valence-electron chi connectivity index (χ2n) is 4.81. The summed E-state index contributed by atoms with van der Waals surface area (Å²) < 4.78 is 22.9. The molecule has 0 radical (unpaired) electrons. The van der Waals surface area contributed by atoms with E-state index in [0.717, 1.165) is 12.1 Å². The molecule has 0 fully saturated rings. The summed E-state index contributed by atoms with van der Waals surface area (Å²) >= 11 is 5.64. The van der Waals surface area contributed by atoms with Crippen molar-refractivity contribution in [3.8, 4) is 0 Å². The number of carboxylic acids is 1. The van der Waals surface area contributed by atoms with Gasteiger partial charge in [-0.15, -0.1) is 0 Å². The number of rotatable bonds is 8. The van der Waals surface area contributed by atoms with Crippen molar-refractivity contribution in [3.05, 3.63) is 38.9 Å². The molecule has 11 heteroatoms. The minimum absolute atomic E-state index is 0.0436. The third-order valence-electron chi connectivity index (χ3n) is 3.16. The van der Waals surface area contributed by atoms with Crippen molar-refractivity contribution in [2.75, 3.05) is 11.5 Å². The third-order valence-corrected chi connectivity index (χ3v) is 5.13. The zero-order valence-electron chi connectivity index (χ0n) is 12.6. The van der Waals surface area contributed by atoms with Crippen molar-refractivity contribution in [2.45, 2.75) is 19.4 Å². The van der Waals surface area contributed by atoms with E-state index in [-0.39, 0.29) is 22.8 Å². The highest BCUT2D eigenvalue weighted by atomic mass is 35.5. The molecule has 1 rings (SSSR count). The fourth-order valence-corrected chi connectivity index (χ4v) is 2.83. The summed E-state index contributed by atoms with van der Waals surface area (Å²) in [5.41, 5.74) is -0.945. The Bertz CT molecular complexity index is 764. The number of carboxylic acid groups (broad SMARTS) is 1. The van der Waals surface area contributed by atoms with Crippen molar-refractivity contribution >= 4 is 39.0 Å². The molecule has 132 valence electrons. The Morgan fingerprint density at radius 2 is 2.04 bits per heavy atom. The van der Waals surface area contributed by atoms with E-state index in [2.05, 4.69) is 5.32 Å². The van der Waals surface area contributed by atoms with Gasteiger partial charge in [0.1, 0.15) is 21.4 Å². The summed E-state index contributed by atoms with van der Waals surface area (Å²) in [6.07, 6.45) is -0.349. The average molecular weight is 379 g/mol. The molecule has 0 aliphatic carbocycles. The molecule has 0 saturated carbocycles. The number of hydrogen-bond donors (Lipinski definition) is 2. The van der Waals surface area contributed by atoms with E-state index in [0.29, 0.717) is 0 Å². The van der Waals surface area contributed by atoms with Gasteiger partial charge in [-0.2, -0.15) is 0 Å². The Kier molecular flexibility index (Phi) is 6.67. The lowest BCUT2D eigenvalue weighted by atomic mass is 10.1. The molecular formula is C13H15ClN2O7S. The second kappa shape index (κ2) is 8.06. The van der Waals surface area contributed by atoms with Crippen LogP contribution in [0.1, 0.15) is 23.7 Å². The number of nitrogens with one attached hydrogen (secondary N) is 1. The quantitative estimate of drug-likeness (QED) is 0.511. The van der Waals surface area contributed by atoms with Gasteiger partial charge in [0.15, 0.2) is 0 Å². The molecule has 0 aliphatic rings. The second-order valence-corrected chi connectivity index (χ2v) is 7.72. The zero-order valence-corrected chi connectivity index (χ0v) is 14.1. The predicted molar refractivity (Wildman–Crippen MR) is 85.9 cm³/mol. The minimum atomic E-state index is -3.42. The van der Waals surface area contributed by atoms with E-state index in [1.54, 1.807) is 0 Å². The molecular weight excluding hydrogens is 364 g/mol. The maximum atomic E-state index is 12.1. The number of nitrogens with zero attached hydrogens (tertiary/aromatic N) is 1. The lowest BCUT2D eigenvalue weighted by Gasteiger charge is -2.14. The summed E-state index contributed by atoms with van der Waals surface area (Å²) in [6, 6.07) is 1.82. The van der Waals surface area contributed by atoms with Crippen molar-refractivity contribution in [2.24, 2.45) is 0 Å². The molecule has 1 aromatic rings. The first-order chi connectivity index (χ1) is 11.1.